The molecule has 12 heteroatoms. The van der Waals surface area contributed by atoms with Crippen molar-refractivity contribution in [2.75, 3.05) is 19.6 Å². The van der Waals surface area contributed by atoms with Gasteiger partial charge in [0.2, 0.25) is 0 Å². The van der Waals surface area contributed by atoms with Crippen molar-refractivity contribution in [3.8, 4) is 22.3 Å². The first-order valence-corrected chi connectivity index (χ1v) is 27.2. The van der Waals surface area contributed by atoms with E-state index in [-0.39, 0.29) is 0 Å². The normalized spacial score (nSPS) is 12.3. The third-order valence-corrected chi connectivity index (χ3v) is 15.9. The van der Waals surface area contributed by atoms with Crippen LogP contribution in [-0.4, -0.2) is 0 Å². The Morgan fingerprint density at radius 2 is 0.294 bits per heavy atom. The molecule has 2 aliphatic carbocycles. The maximum absolute atomic E-state index is 14.9. The Morgan fingerprint density at radius 3 is 0.435 bits per heavy atom. The van der Waals surface area contributed by atoms with Crippen LogP contribution in [0.25, 0.3) is 22.3 Å². The SMILES string of the molecule is Fc1ccc(N(c2ccc(F)cc2)c2ccc3c(c2)C2(c4cc(N(c5ccc(F)cc5)c5ccc(F)cc5)ccc4-3)c3cc(N(c4ccc(F)cc4)c4ccc(F)cc4)ccc3-c3ccc(N(c4ccc(F)cc4)c4ccc(F)cc4)cc32)cc1. The highest BCUT2D eigenvalue weighted by molar-refractivity contribution is 6.00. The van der Waals surface area contributed by atoms with Crippen molar-refractivity contribution >= 4 is 68.2 Å². The number of nitrogens with zero attached hydrogens (tertiary/aromatic N) is 4. The maximum atomic E-state index is 14.9. The second-order valence-corrected chi connectivity index (χ2v) is 20.8. The molecule has 0 amide bonds. The van der Waals surface area contributed by atoms with Gasteiger partial charge in [0.05, 0.1) is 5.41 Å². The number of rotatable bonds is 12. The van der Waals surface area contributed by atoms with Crippen molar-refractivity contribution in [1.29, 1.82) is 0 Å². The fourth-order valence-electron chi connectivity index (χ4n) is 12.2. The summed E-state index contributed by atoms with van der Waals surface area (Å²) in [5.41, 5.74) is 12.3. The summed E-state index contributed by atoms with van der Waals surface area (Å²) < 4.78 is 119. The molecule has 0 heterocycles. The summed E-state index contributed by atoms with van der Waals surface area (Å²) in [7, 11) is 0. The first kappa shape index (κ1) is 52.4. The van der Waals surface area contributed by atoms with Crippen LogP contribution < -0.4 is 19.6 Å². The van der Waals surface area contributed by atoms with E-state index in [2.05, 4.69) is 24.3 Å². The van der Waals surface area contributed by atoms with Gasteiger partial charge in [0, 0.05) is 68.2 Å². The number of anilines is 12. The molecule has 85 heavy (non-hydrogen) atoms. The molecule has 2 aliphatic rings. The van der Waals surface area contributed by atoms with Crippen molar-refractivity contribution in [2.45, 2.75) is 5.41 Å². The van der Waals surface area contributed by atoms with E-state index in [9.17, 15) is 35.1 Å². The molecule has 0 bridgehead atoms. The zero-order chi connectivity index (χ0) is 58.1. The molecule has 1 spiro atoms. The molecule has 0 fully saturated rings. The Balaban J connectivity index is 1.10. The Bertz CT molecular complexity index is 3720. The predicted molar refractivity (Wildman–Crippen MR) is 321 cm³/mol. The molecule has 0 saturated heterocycles. The Kier molecular flexibility index (Phi) is 12.9. The topological polar surface area (TPSA) is 13.0 Å². The number of benzene rings is 12. The highest BCUT2D eigenvalue weighted by atomic mass is 19.2. The van der Waals surface area contributed by atoms with Crippen LogP contribution in [-0.2, 0) is 5.41 Å². The number of fused-ring (bicyclic) bond motifs is 10. The summed E-state index contributed by atoms with van der Waals surface area (Å²) in [5.74, 6) is -3.60. The summed E-state index contributed by atoms with van der Waals surface area (Å²) in [6.07, 6.45) is 0. The summed E-state index contributed by atoms with van der Waals surface area (Å²) in [6.45, 7) is 0. The van der Waals surface area contributed by atoms with E-state index in [0.717, 1.165) is 44.5 Å². The van der Waals surface area contributed by atoms with E-state index in [1.54, 1.807) is 97.1 Å². The molecule has 0 atom stereocenters. The molecule has 0 aliphatic heterocycles. The van der Waals surface area contributed by atoms with Gasteiger partial charge in [0.25, 0.3) is 0 Å². The number of halogens is 8. The Morgan fingerprint density at radius 1 is 0.165 bits per heavy atom. The maximum Gasteiger partial charge on any atom is 0.123 e. The van der Waals surface area contributed by atoms with Gasteiger partial charge in [-0.15, -0.1) is 0 Å². The lowest BCUT2D eigenvalue weighted by Crippen LogP contribution is -2.27. The minimum absolute atomic E-state index is 0.450. The van der Waals surface area contributed by atoms with Crippen LogP contribution in [0, 0.1) is 46.5 Å². The van der Waals surface area contributed by atoms with E-state index >= 15 is 0 Å². The number of hydrogen-bond donors (Lipinski definition) is 0. The van der Waals surface area contributed by atoms with Crippen molar-refractivity contribution in [2.24, 2.45) is 0 Å². The summed E-state index contributed by atoms with van der Waals surface area (Å²) in [6, 6.07) is 72.6. The quantitative estimate of drug-likeness (QED) is 0.113. The summed E-state index contributed by atoms with van der Waals surface area (Å²) in [5, 5.41) is 0. The molecule has 12 aromatic rings. The van der Waals surface area contributed by atoms with Gasteiger partial charge in [0.15, 0.2) is 0 Å². The van der Waals surface area contributed by atoms with Crippen molar-refractivity contribution in [3.63, 3.8) is 0 Å². The monoisotopic (exact) mass is 1130 g/mol. The van der Waals surface area contributed by atoms with Crippen LogP contribution in [0.15, 0.2) is 267 Å². The van der Waals surface area contributed by atoms with Gasteiger partial charge < -0.3 is 19.6 Å². The molecule has 14 rings (SSSR count). The lowest BCUT2D eigenvalue weighted by molar-refractivity contribution is 0.627. The van der Waals surface area contributed by atoms with Gasteiger partial charge in [-0.2, -0.15) is 0 Å². The van der Waals surface area contributed by atoms with E-state index in [0.29, 0.717) is 68.2 Å². The molecule has 0 saturated carbocycles. The van der Waals surface area contributed by atoms with Crippen LogP contribution in [0.5, 0.6) is 0 Å². The average molecular weight is 1130 g/mol. The van der Waals surface area contributed by atoms with E-state index in [4.69, 9.17) is 0 Å². The zero-order valence-electron chi connectivity index (χ0n) is 44.7. The first-order chi connectivity index (χ1) is 41.4. The molecule has 0 aromatic heterocycles. The summed E-state index contributed by atoms with van der Waals surface area (Å²) >= 11 is 0. The van der Waals surface area contributed by atoms with Crippen molar-refractivity contribution in [1.82, 2.24) is 0 Å². The third kappa shape index (κ3) is 9.19. The van der Waals surface area contributed by atoms with Crippen molar-refractivity contribution < 1.29 is 35.1 Å². The van der Waals surface area contributed by atoms with Gasteiger partial charge in [0.1, 0.15) is 46.5 Å². The second kappa shape index (κ2) is 20.9. The predicted octanol–water partition coefficient (Wildman–Crippen LogP) is 21.0. The zero-order valence-corrected chi connectivity index (χ0v) is 44.7. The molecule has 4 nitrogen and oxygen atoms in total. The smallest absolute Gasteiger partial charge is 0.123 e. The average Bonchev–Trinajstić information content (AvgIpc) is 1.63. The second-order valence-electron chi connectivity index (χ2n) is 20.8. The summed E-state index contributed by atoms with van der Waals surface area (Å²) in [4.78, 5) is 7.69. The first-order valence-electron chi connectivity index (χ1n) is 27.2. The van der Waals surface area contributed by atoms with E-state index < -0.39 is 52.0 Å². The lowest BCUT2D eigenvalue weighted by Gasteiger charge is -2.35. The molecular weight excluding hydrogens is 1080 g/mol. The van der Waals surface area contributed by atoms with Crippen molar-refractivity contribution in [3.05, 3.63) is 336 Å². The van der Waals surface area contributed by atoms with Gasteiger partial charge in [-0.1, -0.05) is 24.3 Å². The lowest BCUT2D eigenvalue weighted by atomic mass is 9.70. The van der Waals surface area contributed by atoms with Crippen LogP contribution >= 0.6 is 0 Å². The van der Waals surface area contributed by atoms with Crippen LogP contribution in [0.1, 0.15) is 22.3 Å². The fraction of sp³-hybridized carbons (Fsp3) is 0.0137. The Hall–Kier alpha value is -10.7. The van der Waals surface area contributed by atoms with Gasteiger partial charge in [-0.25, -0.2) is 35.1 Å². The standard InChI is InChI=1S/C73H44F8N4/c74-45-1-17-53(18-2-45)82(54-19-3-46(75)4-20-54)61-33-37-65-66-38-34-62(83(55-21-5-47(76)6-22-55)56-23-7-48(77)8-24-56)42-70(66)73(69(65)41-61)71-43-63(84(57-25-9-49(78)10-26-57)58-27-11-50(79)12-28-58)35-39-67(71)68-40-36-64(44-72(68)73)85(59-29-13-51(80)14-30-59)60-31-15-52(81)16-32-60/h1-44H. The molecule has 412 valence electrons. The minimum atomic E-state index is -1.32. The highest BCUT2D eigenvalue weighted by Crippen LogP contribution is 2.65. The third-order valence-electron chi connectivity index (χ3n) is 15.9. The Labute approximate surface area is 484 Å². The van der Waals surface area contributed by atoms with E-state index in [1.165, 1.54) is 97.1 Å². The molecule has 12 aromatic carbocycles. The largest absolute Gasteiger partial charge is 0.310 e. The van der Waals surface area contributed by atoms with Crippen LogP contribution in [0.2, 0.25) is 0 Å². The molecule has 0 N–H and O–H groups in total. The molecule has 0 radical (unpaired) electrons. The van der Waals surface area contributed by atoms with Gasteiger partial charge in [-0.05, 0) is 287 Å². The van der Waals surface area contributed by atoms with E-state index in [1.807, 2.05) is 68.1 Å². The fourth-order valence-corrected chi connectivity index (χ4v) is 12.2. The molecule has 0 unspecified atom stereocenters. The van der Waals surface area contributed by atoms with Gasteiger partial charge >= 0.3 is 0 Å². The number of hydrogen-bond acceptors (Lipinski definition) is 4. The van der Waals surface area contributed by atoms with Crippen LogP contribution in [0.4, 0.5) is 103 Å². The highest BCUT2D eigenvalue weighted by Gasteiger charge is 2.53. The van der Waals surface area contributed by atoms with Crippen LogP contribution in [0.3, 0.4) is 0 Å². The van der Waals surface area contributed by atoms with Gasteiger partial charge in [-0.3, -0.25) is 0 Å². The molecular formula is C73H44F8N4. The minimum Gasteiger partial charge on any atom is -0.310 e.